The fourth-order valence-electron chi connectivity index (χ4n) is 1.34. The van der Waals surface area contributed by atoms with E-state index in [1.54, 1.807) is 0 Å². The highest BCUT2D eigenvalue weighted by Crippen LogP contribution is 2.35. The van der Waals surface area contributed by atoms with E-state index in [0.717, 1.165) is 0 Å². The average Bonchev–Trinajstić information content (AvgIpc) is 2.17. The molecule has 0 radical (unpaired) electrons. The van der Waals surface area contributed by atoms with Crippen molar-refractivity contribution in [2.24, 2.45) is 0 Å². The molecule has 0 aliphatic heterocycles. The molecule has 1 N–H and O–H groups in total. The van der Waals surface area contributed by atoms with E-state index in [4.69, 9.17) is 9.47 Å². The minimum Gasteiger partial charge on any atom is -0.496 e. The van der Waals surface area contributed by atoms with Crippen LogP contribution < -0.4 is 9.47 Å². The summed E-state index contributed by atoms with van der Waals surface area (Å²) in [6.45, 7) is 1.53. The van der Waals surface area contributed by atoms with Crippen LogP contribution in [-0.2, 0) is 0 Å². The molecule has 0 saturated carbocycles. The lowest BCUT2D eigenvalue weighted by Gasteiger charge is -2.15. The molecule has 0 aliphatic carbocycles. The third-order valence-corrected chi connectivity index (χ3v) is 1.95. The van der Waals surface area contributed by atoms with E-state index in [-0.39, 0.29) is 5.75 Å². The molecule has 1 aromatic carbocycles. The molecule has 0 aliphatic rings. The monoisotopic (exact) mass is 200 g/mol. The zero-order valence-corrected chi connectivity index (χ0v) is 8.37. The van der Waals surface area contributed by atoms with Crippen LogP contribution in [0.25, 0.3) is 0 Å². The van der Waals surface area contributed by atoms with Gasteiger partial charge in [0.05, 0.1) is 25.9 Å². The van der Waals surface area contributed by atoms with Gasteiger partial charge >= 0.3 is 0 Å². The Morgan fingerprint density at radius 2 is 1.93 bits per heavy atom. The molecule has 0 amide bonds. The number of halogens is 1. The summed E-state index contributed by atoms with van der Waals surface area (Å²) >= 11 is 0. The van der Waals surface area contributed by atoms with Crippen molar-refractivity contribution in [1.82, 2.24) is 0 Å². The number of hydrogen-bond acceptors (Lipinski definition) is 3. The zero-order chi connectivity index (χ0) is 10.7. The lowest BCUT2D eigenvalue weighted by atomic mass is 10.1. The Hall–Kier alpha value is -1.29. The molecule has 78 valence electrons. The summed E-state index contributed by atoms with van der Waals surface area (Å²) in [4.78, 5) is 0. The van der Waals surface area contributed by atoms with Crippen molar-refractivity contribution in [1.29, 1.82) is 0 Å². The molecular formula is C10H13FO3. The molecule has 0 spiro atoms. The summed E-state index contributed by atoms with van der Waals surface area (Å²) in [7, 11) is 2.81. The predicted molar refractivity (Wildman–Crippen MR) is 50.1 cm³/mol. The Labute approximate surface area is 82.1 Å². The van der Waals surface area contributed by atoms with Crippen molar-refractivity contribution in [2.45, 2.75) is 13.0 Å². The summed E-state index contributed by atoms with van der Waals surface area (Å²) in [6.07, 6.45) is -0.837. The van der Waals surface area contributed by atoms with Gasteiger partial charge in [-0.05, 0) is 19.1 Å². The molecule has 0 heterocycles. The second-order valence-electron chi connectivity index (χ2n) is 2.87. The first-order chi connectivity index (χ1) is 6.61. The highest BCUT2D eigenvalue weighted by Gasteiger charge is 2.18. The Kier molecular flexibility index (Phi) is 3.30. The van der Waals surface area contributed by atoms with Crippen molar-refractivity contribution in [3.63, 3.8) is 0 Å². The Bertz CT molecular complexity index is 323. The van der Waals surface area contributed by atoms with E-state index >= 15 is 0 Å². The number of aliphatic hydroxyl groups is 1. The SMILES string of the molecule is COc1ccc(F)c(OC)c1[C@H](C)O. The van der Waals surface area contributed by atoms with Gasteiger partial charge in [0.1, 0.15) is 5.75 Å². The topological polar surface area (TPSA) is 38.7 Å². The van der Waals surface area contributed by atoms with Crippen LogP contribution in [0.1, 0.15) is 18.6 Å². The molecule has 0 saturated heterocycles. The molecule has 0 fully saturated rings. The molecular weight excluding hydrogens is 187 g/mol. The number of methoxy groups -OCH3 is 2. The average molecular weight is 200 g/mol. The van der Waals surface area contributed by atoms with Crippen molar-refractivity contribution < 1.29 is 19.0 Å². The van der Waals surface area contributed by atoms with Crippen LogP contribution in [0.15, 0.2) is 12.1 Å². The number of ether oxygens (including phenoxy) is 2. The first kappa shape index (κ1) is 10.8. The van der Waals surface area contributed by atoms with E-state index in [1.165, 1.54) is 33.3 Å². The van der Waals surface area contributed by atoms with Gasteiger partial charge in [0.2, 0.25) is 0 Å². The second-order valence-corrected chi connectivity index (χ2v) is 2.87. The lowest BCUT2D eigenvalue weighted by molar-refractivity contribution is 0.187. The Morgan fingerprint density at radius 3 is 2.36 bits per heavy atom. The Morgan fingerprint density at radius 1 is 1.29 bits per heavy atom. The molecule has 0 aromatic heterocycles. The second kappa shape index (κ2) is 4.28. The third-order valence-electron chi connectivity index (χ3n) is 1.95. The minimum absolute atomic E-state index is 0.0272. The first-order valence-electron chi connectivity index (χ1n) is 4.20. The maximum Gasteiger partial charge on any atom is 0.165 e. The molecule has 0 unspecified atom stereocenters. The summed E-state index contributed by atoms with van der Waals surface area (Å²) < 4.78 is 23.1. The van der Waals surface area contributed by atoms with Crippen molar-refractivity contribution >= 4 is 0 Å². The van der Waals surface area contributed by atoms with Gasteiger partial charge in [0.15, 0.2) is 11.6 Å². The molecule has 1 rings (SSSR count). The van der Waals surface area contributed by atoms with Gasteiger partial charge in [-0.25, -0.2) is 4.39 Å². The van der Waals surface area contributed by atoms with E-state index in [1.807, 2.05) is 0 Å². The predicted octanol–water partition coefficient (Wildman–Crippen LogP) is 1.90. The van der Waals surface area contributed by atoms with Crippen LogP contribution >= 0.6 is 0 Å². The fourth-order valence-corrected chi connectivity index (χ4v) is 1.34. The first-order valence-corrected chi connectivity index (χ1v) is 4.20. The van der Waals surface area contributed by atoms with Crippen LogP contribution in [0.5, 0.6) is 11.5 Å². The zero-order valence-electron chi connectivity index (χ0n) is 8.37. The molecule has 1 aromatic rings. The van der Waals surface area contributed by atoms with E-state index in [2.05, 4.69) is 0 Å². The largest absolute Gasteiger partial charge is 0.496 e. The molecule has 14 heavy (non-hydrogen) atoms. The van der Waals surface area contributed by atoms with Crippen LogP contribution in [0, 0.1) is 5.82 Å². The van der Waals surface area contributed by atoms with Crippen LogP contribution in [0.4, 0.5) is 4.39 Å². The van der Waals surface area contributed by atoms with Crippen molar-refractivity contribution in [3.05, 3.63) is 23.5 Å². The van der Waals surface area contributed by atoms with Crippen LogP contribution in [-0.4, -0.2) is 19.3 Å². The number of rotatable bonds is 3. The highest BCUT2D eigenvalue weighted by atomic mass is 19.1. The summed E-state index contributed by atoms with van der Waals surface area (Å²) in [6, 6.07) is 2.70. The normalized spacial score (nSPS) is 12.4. The quantitative estimate of drug-likeness (QED) is 0.809. The number of hydrogen-bond donors (Lipinski definition) is 1. The summed E-state index contributed by atoms with van der Waals surface area (Å²) in [5.41, 5.74) is 0.329. The summed E-state index contributed by atoms with van der Waals surface area (Å²) in [5.74, 6) is -0.0678. The summed E-state index contributed by atoms with van der Waals surface area (Å²) in [5, 5.41) is 9.45. The fraction of sp³-hybridized carbons (Fsp3) is 0.400. The van der Waals surface area contributed by atoms with Crippen molar-refractivity contribution in [2.75, 3.05) is 14.2 Å². The van der Waals surface area contributed by atoms with Crippen molar-refractivity contribution in [3.8, 4) is 11.5 Å². The van der Waals surface area contributed by atoms with Crippen LogP contribution in [0.3, 0.4) is 0 Å². The molecule has 4 heteroatoms. The van der Waals surface area contributed by atoms with Gasteiger partial charge in [0, 0.05) is 0 Å². The third kappa shape index (κ3) is 1.80. The molecule has 3 nitrogen and oxygen atoms in total. The van der Waals surface area contributed by atoms with Crippen LogP contribution in [0.2, 0.25) is 0 Å². The van der Waals surface area contributed by atoms with Gasteiger partial charge in [-0.1, -0.05) is 0 Å². The van der Waals surface area contributed by atoms with Gasteiger partial charge in [-0.3, -0.25) is 0 Å². The number of benzene rings is 1. The van der Waals surface area contributed by atoms with E-state index in [0.29, 0.717) is 11.3 Å². The molecule has 1 atom stereocenters. The smallest absolute Gasteiger partial charge is 0.165 e. The Balaban J connectivity index is 3.36. The van der Waals surface area contributed by atoms with E-state index < -0.39 is 11.9 Å². The number of aliphatic hydroxyl groups excluding tert-OH is 1. The van der Waals surface area contributed by atoms with Gasteiger partial charge < -0.3 is 14.6 Å². The highest BCUT2D eigenvalue weighted by molar-refractivity contribution is 5.47. The maximum absolute atomic E-state index is 13.2. The standard InChI is InChI=1S/C10H13FO3/c1-6(12)9-8(13-2)5-4-7(11)10(9)14-3/h4-6,12H,1-3H3/t6-/m0/s1. The van der Waals surface area contributed by atoms with Gasteiger partial charge in [-0.15, -0.1) is 0 Å². The van der Waals surface area contributed by atoms with Gasteiger partial charge in [0.25, 0.3) is 0 Å². The lowest BCUT2D eigenvalue weighted by Crippen LogP contribution is -2.02. The minimum atomic E-state index is -0.837. The van der Waals surface area contributed by atoms with E-state index in [9.17, 15) is 9.50 Å². The molecule has 0 bridgehead atoms. The maximum atomic E-state index is 13.2. The van der Waals surface area contributed by atoms with Gasteiger partial charge in [-0.2, -0.15) is 0 Å².